The van der Waals surface area contributed by atoms with Gasteiger partial charge in [0.1, 0.15) is 23.3 Å². The van der Waals surface area contributed by atoms with E-state index in [4.69, 9.17) is 23.7 Å². The van der Waals surface area contributed by atoms with E-state index < -0.39 is 70.0 Å². The number of aliphatic hydroxyl groups excluding tert-OH is 1. The Balaban J connectivity index is 0.000000138. The number of carbonyl (C=O) groups is 5. The van der Waals surface area contributed by atoms with Crippen LogP contribution >= 0.6 is 0 Å². The number of ether oxygens (including phenoxy) is 5. The number of methoxy groups -OCH3 is 4. The molecule has 4 fully saturated rings. The first-order chi connectivity index (χ1) is 57.3. The van der Waals surface area contributed by atoms with E-state index in [1.807, 2.05) is 0 Å². The molecule has 10 N–H and O–H groups in total. The number of nitrogens with zero attached hydrogens (tertiary/aromatic N) is 5. The molecule has 0 bridgehead atoms. The van der Waals surface area contributed by atoms with E-state index in [0.29, 0.717) is 141 Å². The first kappa shape index (κ1) is 83.4. The van der Waals surface area contributed by atoms with Gasteiger partial charge in [0.25, 0.3) is 0 Å². The van der Waals surface area contributed by atoms with Crippen molar-refractivity contribution in [2.75, 3.05) is 83.1 Å². The Kier molecular flexibility index (Phi) is 25.8. The SMILES string of the molecule is CNC1(C(=O)Nc2cc3c(/C=C/c4ccc(OC)c(F)c4)n[nH]c3cc2F)CC1.COc1ccc(/C=C/c2n[nH]c3cc(F)c(NC(=O)C4CC4O)cc23)cc1F.COc1ccc(/C=C/c2n[nH]c3cc(F)c(NC(=O)C4CCN(C(C)=O)CC4)cc23)cc1F.COc1ccc(/C=C/c2n[nH]c3cc(F)c(NC(=O)C4CCOC4)cc23)cc1F. The fraction of sp³-hybridized carbons (Fsp3) is 0.244. The molecule has 3 unspecified atom stereocenters. The molecule has 2 saturated carbocycles. The minimum absolute atomic E-state index is 0.0109. The lowest BCUT2D eigenvalue weighted by atomic mass is 9.95. The Morgan fingerprint density at radius 1 is 0.445 bits per heavy atom. The molecule has 12 aromatic rings. The van der Waals surface area contributed by atoms with Gasteiger partial charge in [0, 0.05) is 78.3 Å². The molecule has 4 aliphatic rings. The van der Waals surface area contributed by atoms with Gasteiger partial charge in [0.05, 0.1) is 126 Å². The summed E-state index contributed by atoms with van der Waals surface area (Å²) in [5, 5.41) is 53.0. The first-order valence-electron chi connectivity index (χ1n) is 37.5. The number of hydrogen-bond acceptors (Lipinski definition) is 16. The van der Waals surface area contributed by atoms with Crippen LogP contribution < -0.4 is 45.5 Å². The molecule has 5 amide bonds. The number of nitrogens with one attached hydrogen (secondary N) is 9. The molecule has 2 aliphatic heterocycles. The number of piperidine rings is 1. The number of H-pyrrole nitrogens is 4. The van der Waals surface area contributed by atoms with E-state index >= 15 is 0 Å². The Labute approximate surface area is 674 Å². The third-order valence-electron chi connectivity index (χ3n) is 20.5. The van der Waals surface area contributed by atoms with Gasteiger partial charge in [0.2, 0.25) is 29.5 Å². The summed E-state index contributed by atoms with van der Waals surface area (Å²) in [5.74, 6) is -5.83. The summed E-state index contributed by atoms with van der Waals surface area (Å²) < 4.78 is 138. The zero-order chi connectivity index (χ0) is 84.3. The average Bonchev–Trinajstić information content (AvgIpc) is 1.61. The van der Waals surface area contributed by atoms with Crippen molar-refractivity contribution >= 4 is 145 Å². The van der Waals surface area contributed by atoms with Crippen molar-refractivity contribution in [3.63, 3.8) is 0 Å². The summed E-state index contributed by atoms with van der Waals surface area (Å²) >= 11 is 0. The molecular formula is C86H80F8N14O11. The highest BCUT2D eigenvalue weighted by Crippen LogP contribution is 2.39. The van der Waals surface area contributed by atoms with E-state index in [0.717, 1.165) is 12.8 Å². The highest BCUT2D eigenvalue weighted by Gasteiger charge is 2.49. The monoisotopic (exact) mass is 1640 g/mol. The number of likely N-dealkylation sites (N-methyl/N-ethyl adjacent to an activating group) is 1. The second-order valence-corrected chi connectivity index (χ2v) is 28.4. The summed E-state index contributed by atoms with van der Waals surface area (Å²) in [6.07, 6.45) is 16.3. The normalized spacial score (nSPS) is 16.2. The number of aromatic nitrogens is 8. The molecule has 33 heteroatoms. The second-order valence-electron chi connectivity index (χ2n) is 28.4. The van der Waals surface area contributed by atoms with Crippen molar-refractivity contribution in [1.82, 2.24) is 51.0 Å². The van der Waals surface area contributed by atoms with E-state index in [1.165, 1.54) is 126 Å². The number of aromatic amines is 4. The fourth-order valence-electron chi connectivity index (χ4n) is 13.3. The van der Waals surface area contributed by atoms with Crippen molar-refractivity contribution in [2.45, 2.75) is 57.1 Å². The van der Waals surface area contributed by atoms with Crippen LogP contribution in [0.25, 0.3) is 92.2 Å². The molecule has 25 nitrogen and oxygen atoms in total. The molecule has 119 heavy (non-hydrogen) atoms. The van der Waals surface area contributed by atoms with Crippen LogP contribution in [0.4, 0.5) is 57.9 Å². The Morgan fingerprint density at radius 3 is 1.04 bits per heavy atom. The lowest BCUT2D eigenvalue weighted by molar-refractivity contribution is -0.132. The van der Waals surface area contributed by atoms with Crippen LogP contribution in [0.5, 0.6) is 23.0 Å². The van der Waals surface area contributed by atoms with Crippen LogP contribution in [0.1, 0.15) is 90.5 Å². The van der Waals surface area contributed by atoms with Crippen LogP contribution in [0.15, 0.2) is 121 Å². The van der Waals surface area contributed by atoms with Gasteiger partial charge in [-0.2, -0.15) is 20.4 Å². The largest absolute Gasteiger partial charge is 0.494 e. The maximum absolute atomic E-state index is 14.6. The van der Waals surface area contributed by atoms with E-state index in [-0.39, 0.29) is 81.2 Å². The molecule has 616 valence electrons. The third-order valence-corrected chi connectivity index (χ3v) is 20.5. The minimum Gasteiger partial charge on any atom is -0.494 e. The third kappa shape index (κ3) is 19.8. The quantitative estimate of drug-likeness (QED) is 0.0299. The van der Waals surface area contributed by atoms with Crippen molar-refractivity contribution in [2.24, 2.45) is 17.8 Å². The smallest absolute Gasteiger partial charge is 0.244 e. The maximum atomic E-state index is 14.6. The Morgan fingerprint density at radius 2 is 0.765 bits per heavy atom. The molecule has 2 saturated heterocycles. The molecule has 16 rings (SSSR count). The molecule has 2 aliphatic carbocycles. The van der Waals surface area contributed by atoms with Crippen molar-refractivity contribution in [3.8, 4) is 23.0 Å². The standard InChI is InChI=1S/C24H24F2N4O3.C21H20F2N4O2.C21H19F2N3O3.C20H17F2N3O3/c1-14(31)30-9-7-16(8-10-30)24(32)27-22-12-17-20(28-29-21(17)13-18(22)25)5-3-15-4-6-23(33-2)19(26)11-15;1-24-21(7-8-21)20(28)25-18-10-13-16(26-27-17(13)11-14(18)22)5-3-12-4-6-19(29-2)15(23)9-12;1-28-20-5-3-12(8-16(20)23)2-4-17-14-9-19(15(22)10-18(14)26-25-17)24-21(27)13-6-7-29-11-13;1-28-19-5-3-10(6-14(19)22)2-4-15-11-7-17(13(21)9-16(11)25-24-15)23-20(27)12-8-18(12)26/h3-6,11-13,16H,7-10H2,1-2H3,(H,27,32)(H,28,29);3-6,9-11,24H,7-8H2,1-2H3,(H,25,28)(H,26,27);2-5,8-10,13H,6-7,11H2,1H3,(H,24,27)(H,25,26);2-7,9,12,18,26H,8H2,1H3,(H,23,27)(H,24,25)/b2*5-3+;2*4-2+. The number of benzene rings is 8. The number of hydrogen-bond donors (Lipinski definition) is 10. The summed E-state index contributed by atoms with van der Waals surface area (Å²) in [7, 11) is 7.31. The maximum Gasteiger partial charge on any atom is 0.244 e. The number of carbonyl (C=O) groups excluding carboxylic acids is 5. The summed E-state index contributed by atoms with van der Waals surface area (Å²) in [5.41, 5.74) is 6.13. The lowest BCUT2D eigenvalue weighted by Crippen LogP contribution is -2.40. The van der Waals surface area contributed by atoms with Crippen LogP contribution in [0, 0.1) is 64.3 Å². The number of halogens is 8. The molecular weight excluding hydrogens is 1560 g/mol. The summed E-state index contributed by atoms with van der Waals surface area (Å²) in [4.78, 5) is 62.5. The lowest BCUT2D eigenvalue weighted by Gasteiger charge is -2.30. The predicted octanol–water partition coefficient (Wildman–Crippen LogP) is 15.3. The Bertz CT molecular complexity index is 5960. The first-order valence-corrected chi connectivity index (χ1v) is 37.5. The van der Waals surface area contributed by atoms with Crippen LogP contribution in [0.2, 0.25) is 0 Å². The average molecular weight is 1640 g/mol. The highest BCUT2D eigenvalue weighted by molar-refractivity contribution is 6.04. The second kappa shape index (κ2) is 36.7. The van der Waals surface area contributed by atoms with Crippen molar-refractivity contribution < 1.29 is 87.9 Å². The minimum atomic E-state index is -0.663. The van der Waals surface area contributed by atoms with Crippen molar-refractivity contribution in [1.29, 1.82) is 0 Å². The number of aliphatic hydroxyl groups is 1. The fourth-order valence-corrected chi connectivity index (χ4v) is 13.3. The van der Waals surface area contributed by atoms with Gasteiger partial charge in [-0.1, -0.05) is 48.6 Å². The summed E-state index contributed by atoms with van der Waals surface area (Å²) in [6, 6.07) is 29.5. The predicted molar refractivity (Wildman–Crippen MR) is 435 cm³/mol. The summed E-state index contributed by atoms with van der Waals surface area (Å²) in [6.45, 7) is 3.40. The number of fused-ring (bicyclic) bond motifs is 4. The zero-order valence-electron chi connectivity index (χ0n) is 64.8. The number of anilines is 4. The number of rotatable bonds is 21. The molecule has 6 heterocycles. The van der Waals surface area contributed by atoms with Gasteiger partial charge in [0.15, 0.2) is 46.3 Å². The van der Waals surface area contributed by atoms with E-state index in [1.54, 1.807) is 90.9 Å². The van der Waals surface area contributed by atoms with E-state index in [2.05, 4.69) is 67.4 Å². The molecule has 3 atom stereocenters. The molecule has 8 aromatic carbocycles. The number of likely N-dealkylation sites (tertiary alicyclic amines) is 1. The van der Waals surface area contributed by atoms with Gasteiger partial charge in [-0.15, -0.1) is 0 Å². The number of amides is 5. The molecule has 0 radical (unpaired) electrons. The van der Waals surface area contributed by atoms with E-state index in [9.17, 15) is 64.2 Å². The van der Waals surface area contributed by atoms with Gasteiger partial charge in [-0.25, -0.2) is 35.1 Å². The highest BCUT2D eigenvalue weighted by atomic mass is 19.2. The van der Waals surface area contributed by atoms with Crippen LogP contribution in [0.3, 0.4) is 0 Å². The molecule has 0 spiro atoms. The van der Waals surface area contributed by atoms with Gasteiger partial charge < -0.3 is 60.3 Å². The Hall–Kier alpha value is -13.5. The van der Waals surface area contributed by atoms with Crippen molar-refractivity contribution in [3.05, 3.63) is 213 Å². The molecule has 4 aromatic heterocycles. The van der Waals surface area contributed by atoms with Gasteiger partial charge in [-0.3, -0.25) is 44.4 Å². The van der Waals surface area contributed by atoms with Gasteiger partial charge in [-0.05, 0) is 165 Å². The topological polar surface area (TPSA) is 330 Å². The van der Waals surface area contributed by atoms with Crippen LogP contribution in [-0.2, 0) is 28.7 Å². The zero-order valence-corrected chi connectivity index (χ0v) is 64.8. The van der Waals surface area contributed by atoms with Crippen LogP contribution in [-0.4, -0.2) is 154 Å². The van der Waals surface area contributed by atoms with Gasteiger partial charge >= 0.3 is 0 Å².